The second-order valence-electron chi connectivity index (χ2n) is 7.11. The van der Waals surface area contributed by atoms with E-state index in [-0.39, 0.29) is 4.90 Å². The van der Waals surface area contributed by atoms with Crippen LogP contribution in [0.2, 0.25) is 0 Å². The second kappa shape index (κ2) is 7.30. The molecular weight excluding hydrogens is 426 g/mol. The zero-order chi connectivity index (χ0) is 19.0. The zero-order valence-corrected chi connectivity index (χ0v) is 17.5. The molecule has 2 heterocycles. The number of aromatic amines is 1. The number of likely N-dealkylation sites (N-methyl/N-ethyl adjacent to an activating group) is 1. The van der Waals surface area contributed by atoms with Crippen molar-refractivity contribution in [3.63, 3.8) is 0 Å². The molecule has 0 spiro atoms. The number of anilines is 1. The van der Waals surface area contributed by atoms with E-state index >= 15 is 0 Å². The van der Waals surface area contributed by atoms with Crippen LogP contribution in [0.4, 0.5) is 5.69 Å². The summed E-state index contributed by atoms with van der Waals surface area (Å²) in [6.07, 6.45) is 5.46. The van der Waals surface area contributed by atoms with Gasteiger partial charge >= 0.3 is 0 Å². The molecule has 1 aliphatic heterocycles. The Morgan fingerprint density at radius 2 is 2.00 bits per heavy atom. The summed E-state index contributed by atoms with van der Waals surface area (Å²) in [5.74, 6) is 0. The largest absolute Gasteiger partial charge is 0.361 e. The van der Waals surface area contributed by atoms with Crippen LogP contribution >= 0.6 is 15.9 Å². The van der Waals surface area contributed by atoms with E-state index in [0.29, 0.717) is 11.7 Å². The molecule has 1 aromatic heterocycles. The number of fused-ring (bicyclic) bond motifs is 1. The van der Waals surface area contributed by atoms with E-state index in [9.17, 15) is 8.42 Å². The Morgan fingerprint density at radius 1 is 1.22 bits per heavy atom. The van der Waals surface area contributed by atoms with Crippen molar-refractivity contribution in [1.82, 2.24) is 9.88 Å². The summed E-state index contributed by atoms with van der Waals surface area (Å²) >= 11 is 3.33. The van der Waals surface area contributed by atoms with Gasteiger partial charge in [0.1, 0.15) is 0 Å². The average Bonchev–Trinajstić information content (AvgIpc) is 3.22. The Bertz CT molecular complexity index is 1060. The highest BCUT2D eigenvalue weighted by Crippen LogP contribution is 2.28. The van der Waals surface area contributed by atoms with Gasteiger partial charge in [0.05, 0.1) is 4.90 Å². The van der Waals surface area contributed by atoms with Crippen LogP contribution in [0, 0.1) is 0 Å². The number of hydrogen-bond acceptors (Lipinski definition) is 3. The van der Waals surface area contributed by atoms with Gasteiger partial charge in [0.15, 0.2) is 0 Å². The number of nitrogens with one attached hydrogen (secondary N) is 2. The number of benzene rings is 2. The molecule has 0 amide bonds. The molecule has 7 heteroatoms. The quantitative estimate of drug-likeness (QED) is 0.610. The van der Waals surface area contributed by atoms with E-state index in [1.165, 1.54) is 18.4 Å². The Morgan fingerprint density at radius 3 is 2.70 bits per heavy atom. The van der Waals surface area contributed by atoms with Crippen LogP contribution in [0.25, 0.3) is 10.9 Å². The Kier molecular flexibility index (Phi) is 5.01. The highest BCUT2D eigenvalue weighted by atomic mass is 79.9. The van der Waals surface area contributed by atoms with Crippen molar-refractivity contribution in [2.45, 2.75) is 30.2 Å². The third kappa shape index (κ3) is 3.90. The van der Waals surface area contributed by atoms with Gasteiger partial charge in [-0.15, -0.1) is 0 Å². The Labute approximate surface area is 168 Å². The predicted octanol–water partition coefficient (Wildman–Crippen LogP) is 4.37. The number of H-pyrrole nitrogens is 1. The van der Waals surface area contributed by atoms with Crippen molar-refractivity contribution < 1.29 is 8.42 Å². The maximum Gasteiger partial charge on any atom is 0.261 e. The first-order valence-electron chi connectivity index (χ1n) is 9.01. The first kappa shape index (κ1) is 18.5. The fourth-order valence-corrected chi connectivity index (χ4v) is 5.04. The number of likely N-dealkylation sites (tertiary alicyclic amines) is 1. The molecule has 0 aliphatic carbocycles. The summed E-state index contributed by atoms with van der Waals surface area (Å²) in [5, 5.41) is 1.08. The first-order valence-corrected chi connectivity index (χ1v) is 11.3. The SMILES string of the molecule is CN1CCC[C@H]1Cc1c[nH]c2ccc(NS(=O)(=O)c3ccc(Br)cc3)cc12. The molecule has 0 unspecified atom stereocenters. The van der Waals surface area contributed by atoms with Gasteiger partial charge in [-0.05, 0) is 80.9 Å². The zero-order valence-electron chi connectivity index (χ0n) is 15.1. The van der Waals surface area contributed by atoms with Gasteiger partial charge in [-0.3, -0.25) is 4.72 Å². The minimum Gasteiger partial charge on any atom is -0.361 e. The summed E-state index contributed by atoms with van der Waals surface area (Å²) in [7, 11) is -1.44. The van der Waals surface area contributed by atoms with Gasteiger partial charge in [-0.1, -0.05) is 15.9 Å². The summed E-state index contributed by atoms with van der Waals surface area (Å²) in [6, 6.07) is 12.8. The smallest absolute Gasteiger partial charge is 0.261 e. The molecule has 1 saturated heterocycles. The van der Waals surface area contributed by atoms with Crippen LogP contribution in [0.5, 0.6) is 0 Å². The van der Waals surface area contributed by atoms with Gasteiger partial charge < -0.3 is 9.88 Å². The van der Waals surface area contributed by atoms with Gasteiger partial charge in [-0.2, -0.15) is 0 Å². The second-order valence-corrected chi connectivity index (χ2v) is 9.71. The monoisotopic (exact) mass is 447 g/mol. The van der Waals surface area contributed by atoms with Crippen LogP contribution in [-0.2, 0) is 16.4 Å². The fraction of sp³-hybridized carbons (Fsp3) is 0.300. The van der Waals surface area contributed by atoms with E-state index in [1.54, 1.807) is 30.3 Å². The van der Waals surface area contributed by atoms with E-state index in [0.717, 1.165) is 28.3 Å². The molecule has 2 N–H and O–H groups in total. The maximum atomic E-state index is 12.7. The van der Waals surface area contributed by atoms with Gasteiger partial charge in [0.2, 0.25) is 0 Å². The van der Waals surface area contributed by atoms with Crippen molar-refractivity contribution in [1.29, 1.82) is 0 Å². The van der Waals surface area contributed by atoms with Crippen LogP contribution in [0.15, 0.2) is 58.0 Å². The average molecular weight is 448 g/mol. The summed E-state index contributed by atoms with van der Waals surface area (Å²) < 4.78 is 28.8. The molecule has 0 saturated carbocycles. The molecule has 27 heavy (non-hydrogen) atoms. The van der Waals surface area contributed by atoms with Crippen molar-refractivity contribution in [2.75, 3.05) is 18.3 Å². The lowest BCUT2D eigenvalue weighted by Crippen LogP contribution is -2.26. The van der Waals surface area contributed by atoms with E-state index in [4.69, 9.17) is 0 Å². The topological polar surface area (TPSA) is 65.2 Å². The number of sulfonamides is 1. The van der Waals surface area contributed by atoms with Crippen LogP contribution in [-0.4, -0.2) is 37.9 Å². The van der Waals surface area contributed by atoms with Crippen molar-refractivity contribution in [3.8, 4) is 0 Å². The number of nitrogens with zero attached hydrogens (tertiary/aromatic N) is 1. The van der Waals surface area contributed by atoms with E-state index < -0.39 is 10.0 Å². The highest BCUT2D eigenvalue weighted by molar-refractivity contribution is 9.10. The van der Waals surface area contributed by atoms with Gasteiger partial charge in [0.25, 0.3) is 10.0 Å². The molecular formula is C20H22BrN3O2S. The van der Waals surface area contributed by atoms with E-state index in [2.05, 4.69) is 37.6 Å². The molecule has 1 atom stereocenters. The predicted molar refractivity (Wildman–Crippen MR) is 113 cm³/mol. The van der Waals surface area contributed by atoms with Crippen LogP contribution in [0.1, 0.15) is 18.4 Å². The van der Waals surface area contributed by atoms with Crippen molar-refractivity contribution >= 4 is 42.5 Å². The van der Waals surface area contributed by atoms with E-state index in [1.807, 2.05) is 18.3 Å². The molecule has 1 aliphatic rings. The summed E-state index contributed by atoms with van der Waals surface area (Å²) in [4.78, 5) is 5.95. The third-order valence-electron chi connectivity index (χ3n) is 5.27. The van der Waals surface area contributed by atoms with Crippen LogP contribution < -0.4 is 4.72 Å². The maximum absolute atomic E-state index is 12.7. The number of rotatable bonds is 5. The highest BCUT2D eigenvalue weighted by Gasteiger charge is 2.22. The molecule has 0 bridgehead atoms. The molecule has 3 aromatic rings. The molecule has 4 rings (SSSR count). The molecule has 2 aromatic carbocycles. The molecule has 5 nitrogen and oxygen atoms in total. The fourth-order valence-electron chi connectivity index (χ4n) is 3.73. The molecule has 1 fully saturated rings. The van der Waals surface area contributed by atoms with Gasteiger partial charge in [-0.25, -0.2) is 8.42 Å². The minimum atomic E-state index is -3.62. The lowest BCUT2D eigenvalue weighted by molar-refractivity contribution is 0.310. The molecule has 142 valence electrons. The number of hydrogen-bond donors (Lipinski definition) is 2. The number of halogens is 1. The standard InChI is InChI=1S/C20H22BrN3O2S/c1-24-10-2-3-17(24)11-14-13-22-20-9-6-16(12-19(14)20)23-27(25,26)18-7-4-15(21)5-8-18/h4-9,12-13,17,22-23H,2-3,10-11H2,1H3/t17-/m0/s1. The Balaban J connectivity index is 1.61. The summed E-state index contributed by atoms with van der Waals surface area (Å²) in [6.45, 7) is 1.14. The van der Waals surface area contributed by atoms with Gasteiger partial charge in [0, 0.05) is 33.3 Å². The summed E-state index contributed by atoms with van der Waals surface area (Å²) in [5.41, 5.74) is 2.83. The third-order valence-corrected chi connectivity index (χ3v) is 7.20. The minimum absolute atomic E-state index is 0.243. The normalized spacial score (nSPS) is 18.2. The Hall–Kier alpha value is -1.83. The van der Waals surface area contributed by atoms with Crippen molar-refractivity contribution in [3.05, 3.63) is 58.7 Å². The lowest BCUT2D eigenvalue weighted by atomic mass is 10.0. The number of aromatic nitrogens is 1. The van der Waals surface area contributed by atoms with Crippen LogP contribution in [0.3, 0.4) is 0 Å². The molecule has 0 radical (unpaired) electrons. The van der Waals surface area contributed by atoms with Crippen molar-refractivity contribution in [2.24, 2.45) is 0 Å². The first-order chi connectivity index (χ1) is 12.9. The lowest BCUT2D eigenvalue weighted by Gasteiger charge is -2.18.